The van der Waals surface area contributed by atoms with Crippen LogP contribution in [0.5, 0.6) is 0 Å². The van der Waals surface area contributed by atoms with Crippen LogP contribution < -0.4 is 5.73 Å². The number of hydrogen-bond acceptors (Lipinski definition) is 4. The van der Waals surface area contributed by atoms with Crippen molar-refractivity contribution in [3.63, 3.8) is 0 Å². The van der Waals surface area contributed by atoms with Crippen molar-refractivity contribution < 1.29 is 18.7 Å². The van der Waals surface area contributed by atoms with Crippen LogP contribution >= 0.6 is 0 Å². The van der Waals surface area contributed by atoms with E-state index in [0.29, 0.717) is 0 Å². The van der Waals surface area contributed by atoms with Gasteiger partial charge in [0.15, 0.2) is 0 Å². The fourth-order valence-corrected chi connectivity index (χ4v) is 1.22. The molecular weight excluding hydrogens is 220 g/mol. The summed E-state index contributed by atoms with van der Waals surface area (Å²) in [5, 5.41) is 17.2. The first-order chi connectivity index (χ1) is 7.47. The molecule has 5 nitrogen and oxygen atoms in total. The molecule has 84 valence electrons. The van der Waals surface area contributed by atoms with Crippen molar-refractivity contribution in [2.24, 2.45) is 0 Å². The van der Waals surface area contributed by atoms with Crippen molar-refractivity contribution in [2.75, 3.05) is 5.73 Å². The average Bonchev–Trinajstić information content (AvgIpc) is 2.18. The maximum Gasteiger partial charge on any atom is 0.309 e. The van der Waals surface area contributed by atoms with Gasteiger partial charge in [-0.05, 0) is 0 Å². The molecule has 0 bridgehead atoms. The Bertz CT molecular complexity index is 469. The second kappa shape index (κ2) is 4.53. The molecule has 0 amide bonds. The molecule has 3 N–H and O–H groups in total. The summed E-state index contributed by atoms with van der Waals surface area (Å²) >= 11 is 0. The van der Waals surface area contributed by atoms with E-state index in [0.717, 1.165) is 6.20 Å². The van der Waals surface area contributed by atoms with Gasteiger partial charge in [-0.25, -0.2) is 8.78 Å². The molecule has 0 fully saturated rings. The van der Waals surface area contributed by atoms with Crippen molar-refractivity contribution in [1.29, 1.82) is 5.26 Å². The van der Waals surface area contributed by atoms with E-state index in [2.05, 4.69) is 4.98 Å². The van der Waals surface area contributed by atoms with Gasteiger partial charge in [-0.2, -0.15) is 5.26 Å². The lowest BCUT2D eigenvalue weighted by Crippen LogP contribution is -2.09. The number of nitriles is 1. The summed E-state index contributed by atoms with van der Waals surface area (Å²) in [4.78, 5) is 14.0. The maximum absolute atomic E-state index is 12.6. The molecule has 0 atom stereocenters. The third-order valence-corrected chi connectivity index (χ3v) is 1.88. The van der Waals surface area contributed by atoms with Crippen LogP contribution in [-0.2, 0) is 11.2 Å². The highest BCUT2D eigenvalue weighted by atomic mass is 19.3. The molecular formula is C9H7F2N3O2. The highest BCUT2D eigenvalue weighted by molar-refractivity contribution is 5.71. The van der Waals surface area contributed by atoms with Crippen LogP contribution in [0.25, 0.3) is 0 Å². The fraction of sp³-hybridized carbons (Fsp3) is 0.222. The quantitative estimate of drug-likeness (QED) is 0.805. The largest absolute Gasteiger partial charge is 0.481 e. The Morgan fingerprint density at radius 3 is 2.75 bits per heavy atom. The van der Waals surface area contributed by atoms with Crippen molar-refractivity contribution >= 4 is 11.7 Å². The predicted molar refractivity (Wildman–Crippen MR) is 49.7 cm³/mol. The van der Waals surface area contributed by atoms with Gasteiger partial charge in [0.1, 0.15) is 6.07 Å². The number of hydrogen-bond donors (Lipinski definition) is 2. The zero-order chi connectivity index (χ0) is 12.3. The SMILES string of the molecule is N#Cc1c(CC(=O)O)ncc(N)c1C(F)F. The number of carboxylic acids is 1. The van der Waals surface area contributed by atoms with Gasteiger partial charge in [0.05, 0.1) is 35.1 Å². The van der Waals surface area contributed by atoms with Crippen molar-refractivity contribution in [1.82, 2.24) is 4.98 Å². The maximum atomic E-state index is 12.6. The molecule has 0 aliphatic heterocycles. The Hall–Kier alpha value is -2.23. The number of carboxylic acid groups (broad SMARTS) is 1. The van der Waals surface area contributed by atoms with Crippen LogP contribution in [0.2, 0.25) is 0 Å². The number of alkyl halides is 2. The summed E-state index contributed by atoms with van der Waals surface area (Å²) in [5.74, 6) is -1.26. The van der Waals surface area contributed by atoms with E-state index < -0.39 is 29.9 Å². The molecule has 0 aliphatic rings. The summed E-state index contributed by atoms with van der Waals surface area (Å²) in [6, 6.07) is 1.51. The molecule has 0 saturated carbocycles. The Balaban J connectivity index is 3.38. The number of nitrogens with two attached hydrogens (primary N) is 1. The number of aliphatic carboxylic acids is 1. The van der Waals surface area contributed by atoms with Gasteiger partial charge in [-0.1, -0.05) is 0 Å². The van der Waals surface area contributed by atoms with Gasteiger partial charge < -0.3 is 10.8 Å². The third-order valence-electron chi connectivity index (χ3n) is 1.88. The second-order valence-electron chi connectivity index (χ2n) is 2.93. The molecule has 1 heterocycles. The van der Waals surface area contributed by atoms with Gasteiger partial charge in [0.25, 0.3) is 6.43 Å². The third kappa shape index (κ3) is 2.23. The lowest BCUT2D eigenvalue weighted by Gasteiger charge is -2.09. The van der Waals surface area contributed by atoms with E-state index in [1.54, 1.807) is 0 Å². The van der Waals surface area contributed by atoms with Crippen LogP contribution in [0.4, 0.5) is 14.5 Å². The Morgan fingerprint density at radius 1 is 1.69 bits per heavy atom. The van der Waals surface area contributed by atoms with Crippen molar-refractivity contribution in [3.05, 3.63) is 23.0 Å². The molecule has 7 heteroatoms. The Morgan fingerprint density at radius 2 is 2.31 bits per heavy atom. The Labute approximate surface area is 89.1 Å². The van der Waals surface area contributed by atoms with Crippen LogP contribution in [0, 0.1) is 11.3 Å². The fourth-order valence-electron chi connectivity index (χ4n) is 1.22. The van der Waals surface area contributed by atoms with Gasteiger partial charge >= 0.3 is 5.97 Å². The first-order valence-electron chi connectivity index (χ1n) is 4.14. The van der Waals surface area contributed by atoms with E-state index in [-0.39, 0.29) is 11.4 Å². The van der Waals surface area contributed by atoms with E-state index >= 15 is 0 Å². The lowest BCUT2D eigenvalue weighted by molar-refractivity contribution is -0.136. The van der Waals surface area contributed by atoms with E-state index in [1.807, 2.05) is 0 Å². The number of nitrogen functional groups attached to an aromatic ring is 1. The molecule has 0 aliphatic carbocycles. The van der Waals surface area contributed by atoms with Crippen molar-refractivity contribution in [3.8, 4) is 6.07 Å². The molecule has 0 aromatic carbocycles. The van der Waals surface area contributed by atoms with Crippen LogP contribution in [0.1, 0.15) is 23.2 Å². The molecule has 1 aromatic heterocycles. The molecule has 1 aromatic rings. The molecule has 16 heavy (non-hydrogen) atoms. The number of anilines is 1. The van der Waals surface area contributed by atoms with Gasteiger partial charge in [0, 0.05) is 0 Å². The number of aromatic nitrogens is 1. The highest BCUT2D eigenvalue weighted by Crippen LogP contribution is 2.29. The first kappa shape index (κ1) is 11.8. The van der Waals surface area contributed by atoms with Crippen LogP contribution in [0.3, 0.4) is 0 Å². The molecule has 0 radical (unpaired) electrons. The minimum Gasteiger partial charge on any atom is -0.481 e. The first-order valence-corrected chi connectivity index (χ1v) is 4.14. The highest BCUT2D eigenvalue weighted by Gasteiger charge is 2.21. The Kier molecular flexibility index (Phi) is 3.35. The number of halogens is 2. The zero-order valence-corrected chi connectivity index (χ0v) is 7.94. The average molecular weight is 227 g/mol. The number of carbonyl (C=O) groups is 1. The summed E-state index contributed by atoms with van der Waals surface area (Å²) in [6.45, 7) is 0. The number of nitrogens with zero attached hydrogens (tertiary/aromatic N) is 2. The minimum absolute atomic E-state index is 0.209. The summed E-state index contributed by atoms with van der Waals surface area (Å²) in [7, 11) is 0. The second-order valence-corrected chi connectivity index (χ2v) is 2.93. The van der Waals surface area contributed by atoms with Gasteiger partial charge in [0.2, 0.25) is 0 Å². The summed E-state index contributed by atoms with van der Waals surface area (Å²) in [6.07, 6.45) is -2.60. The lowest BCUT2D eigenvalue weighted by atomic mass is 10.0. The van der Waals surface area contributed by atoms with Crippen LogP contribution in [0.15, 0.2) is 6.20 Å². The van der Waals surface area contributed by atoms with Crippen molar-refractivity contribution in [2.45, 2.75) is 12.8 Å². The smallest absolute Gasteiger partial charge is 0.309 e. The minimum atomic E-state index is -2.94. The van der Waals surface area contributed by atoms with E-state index in [1.165, 1.54) is 6.07 Å². The van der Waals surface area contributed by atoms with E-state index in [4.69, 9.17) is 16.1 Å². The topological polar surface area (TPSA) is 100 Å². The normalized spacial score (nSPS) is 10.1. The number of rotatable bonds is 3. The van der Waals surface area contributed by atoms with Crippen LogP contribution in [-0.4, -0.2) is 16.1 Å². The molecule has 1 rings (SSSR count). The molecule has 0 spiro atoms. The summed E-state index contributed by atoms with van der Waals surface area (Å²) in [5.41, 5.74) is 3.61. The molecule has 0 unspecified atom stereocenters. The monoisotopic (exact) mass is 227 g/mol. The zero-order valence-electron chi connectivity index (χ0n) is 7.94. The van der Waals surface area contributed by atoms with Gasteiger partial charge in [-0.15, -0.1) is 0 Å². The molecule has 0 saturated heterocycles. The van der Waals surface area contributed by atoms with Gasteiger partial charge in [-0.3, -0.25) is 9.78 Å². The van der Waals surface area contributed by atoms with E-state index in [9.17, 15) is 13.6 Å². The standard InChI is InChI=1S/C9H7F2N3O2/c10-9(11)8-4(2-12)6(1-7(15)16)14-3-5(8)13/h3,9H,1,13H2,(H,15,16). The predicted octanol–water partition coefficient (Wildman–Crippen LogP) is 1.10. The number of pyridine rings is 1. The summed E-state index contributed by atoms with van der Waals surface area (Å²) < 4.78 is 25.2.